The van der Waals surface area contributed by atoms with E-state index in [0.717, 1.165) is 65.7 Å². The molecule has 1 heterocycles. The molecule has 0 saturated carbocycles. The van der Waals surface area contributed by atoms with E-state index >= 15 is 0 Å². The Kier molecular flexibility index (Phi) is 7.08. The Morgan fingerprint density at radius 2 is 1.09 bits per heavy atom. The highest BCUT2D eigenvalue weighted by atomic mass is 16.3. The fourth-order valence-electron chi connectivity index (χ4n) is 6.05. The minimum Gasteiger partial charge on any atom is -0.507 e. The number of hydrogen-bond acceptors (Lipinski definition) is 3. The smallest absolute Gasteiger partial charge is 0.186 e. The van der Waals surface area contributed by atoms with Crippen molar-refractivity contribution in [1.82, 2.24) is 0 Å². The lowest BCUT2D eigenvalue weighted by Gasteiger charge is -2.31. The van der Waals surface area contributed by atoms with Crippen LogP contribution in [0.2, 0.25) is 0 Å². The molecule has 0 saturated heterocycles. The Balaban J connectivity index is 1.69. The molecule has 1 aliphatic heterocycles. The number of carbonyl (C=O) groups excluding carboxylic acids is 1. The number of hydrogen-bond donors (Lipinski definition) is 1. The van der Waals surface area contributed by atoms with Crippen molar-refractivity contribution in [2.45, 2.75) is 93.9 Å². The van der Waals surface area contributed by atoms with Gasteiger partial charge in [0.25, 0.3) is 0 Å². The summed E-state index contributed by atoms with van der Waals surface area (Å²) in [7, 11) is 0. The highest BCUT2D eigenvalue weighted by Crippen LogP contribution is 2.42. The van der Waals surface area contributed by atoms with Crippen LogP contribution < -0.4 is 10.6 Å². The molecule has 0 aromatic heterocycles. The number of Topliss-reactive ketones (excluding diaryl/α,β-unsaturated/α-hetero) is 1. The van der Waals surface area contributed by atoms with E-state index in [0.29, 0.717) is 5.75 Å². The van der Waals surface area contributed by atoms with Crippen LogP contribution in [-0.2, 0) is 15.6 Å². The number of phenolic OH excluding ortho intramolecular Hbond substituents is 1. The first-order chi connectivity index (χ1) is 19.7. The van der Waals surface area contributed by atoms with Crippen molar-refractivity contribution in [1.29, 1.82) is 0 Å². The molecular formula is C40H47NO2. The summed E-state index contributed by atoms with van der Waals surface area (Å²) in [5, 5.41) is 15.5. The van der Waals surface area contributed by atoms with Crippen LogP contribution in [0.4, 0.5) is 5.69 Å². The van der Waals surface area contributed by atoms with Crippen molar-refractivity contribution in [3.8, 4) is 16.9 Å². The van der Waals surface area contributed by atoms with Gasteiger partial charge in [-0.2, -0.15) is 0 Å². The molecule has 0 bridgehead atoms. The second-order valence-electron chi connectivity index (χ2n) is 16.4. The van der Waals surface area contributed by atoms with Gasteiger partial charge in [0, 0.05) is 32.7 Å². The molecule has 0 atom stereocenters. The predicted octanol–water partition coefficient (Wildman–Crippen LogP) is 8.88. The van der Waals surface area contributed by atoms with Gasteiger partial charge in [-0.15, -0.1) is 0 Å². The number of allylic oxidation sites excluding steroid dienone is 4. The van der Waals surface area contributed by atoms with E-state index in [1.165, 1.54) is 0 Å². The van der Waals surface area contributed by atoms with Gasteiger partial charge in [-0.1, -0.05) is 107 Å². The van der Waals surface area contributed by atoms with Crippen LogP contribution in [0.15, 0.2) is 76.8 Å². The maximum absolute atomic E-state index is 13.5. The molecule has 1 N–H and O–H groups in total. The van der Waals surface area contributed by atoms with E-state index in [1.54, 1.807) is 0 Å². The summed E-state index contributed by atoms with van der Waals surface area (Å²) in [6, 6.07) is 17.2. The second kappa shape index (κ2) is 9.91. The molecule has 1 aliphatic carbocycles. The maximum Gasteiger partial charge on any atom is 0.186 e. The summed E-state index contributed by atoms with van der Waals surface area (Å²) in [6.45, 7) is 25.5. The van der Waals surface area contributed by atoms with Gasteiger partial charge < -0.3 is 5.11 Å². The summed E-state index contributed by atoms with van der Waals surface area (Å²) in [5.41, 5.74) is 6.87. The predicted molar refractivity (Wildman–Crippen MR) is 179 cm³/mol. The molecule has 3 heteroatoms. The average Bonchev–Trinajstić information content (AvgIpc) is 3.23. The molecule has 3 nitrogen and oxygen atoms in total. The number of ketones is 1. The molecule has 3 aromatic carbocycles. The SMILES string of the molecule is CC(C)(C)C1=CC(=c2ccc3c(c2)N=c2cc(-c4cc(C(C)(C)C)c(O)c(C(C)(C)C)c4)ccc2=3)C=C(C(C)(C)C)C1=O. The van der Waals surface area contributed by atoms with Gasteiger partial charge in [0.1, 0.15) is 5.75 Å². The van der Waals surface area contributed by atoms with E-state index in [4.69, 9.17) is 4.99 Å². The van der Waals surface area contributed by atoms with Gasteiger partial charge in [0.2, 0.25) is 0 Å². The van der Waals surface area contributed by atoms with Gasteiger partial charge in [-0.05, 0) is 80.0 Å². The Hall–Kier alpha value is -3.72. The fourth-order valence-corrected chi connectivity index (χ4v) is 6.05. The lowest BCUT2D eigenvalue weighted by molar-refractivity contribution is -0.114. The molecule has 224 valence electrons. The molecule has 0 radical (unpaired) electrons. The van der Waals surface area contributed by atoms with E-state index in [9.17, 15) is 9.90 Å². The van der Waals surface area contributed by atoms with E-state index in [1.807, 2.05) is 0 Å². The normalized spacial score (nSPS) is 15.5. The quantitative estimate of drug-likeness (QED) is 0.247. The van der Waals surface area contributed by atoms with Gasteiger partial charge in [0.05, 0.1) is 11.0 Å². The lowest BCUT2D eigenvalue weighted by Crippen LogP contribution is -2.28. The Morgan fingerprint density at radius 3 is 1.58 bits per heavy atom. The molecule has 3 aromatic rings. The second-order valence-corrected chi connectivity index (χ2v) is 16.4. The van der Waals surface area contributed by atoms with E-state index < -0.39 is 0 Å². The number of benzene rings is 3. The molecule has 2 aliphatic rings. The van der Waals surface area contributed by atoms with E-state index in [-0.39, 0.29) is 27.4 Å². The zero-order valence-corrected chi connectivity index (χ0v) is 28.1. The summed E-state index contributed by atoms with van der Waals surface area (Å²) < 4.78 is 0. The molecule has 0 amide bonds. The lowest BCUT2D eigenvalue weighted by atomic mass is 9.71. The Labute approximate surface area is 257 Å². The highest BCUT2D eigenvalue weighted by molar-refractivity contribution is 6.14. The average molecular weight is 574 g/mol. The number of nitrogens with zero attached hydrogens (tertiary/aromatic N) is 1. The number of rotatable bonds is 1. The zero-order chi connectivity index (χ0) is 31.9. The zero-order valence-electron chi connectivity index (χ0n) is 28.1. The first-order valence-corrected chi connectivity index (χ1v) is 15.4. The van der Waals surface area contributed by atoms with Crippen molar-refractivity contribution < 1.29 is 9.90 Å². The Bertz CT molecular complexity index is 1890. The number of fused-ring (bicyclic) bond motifs is 2. The van der Waals surface area contributed by atoms with Crippen LogP contribution in [0.1, 0.15) is 94.2 Å². The molecule has 0 unspecified atom stereocenters. The minimum atomic E-state index is -0.255. The van der Waals surface area contributed by atoms with Gasteiger partial charge >= 0.3 is 0 Å². The van der Waals surface area contributed by atoms with Crippen LogP contribution in [0.25, 0.3) is 16.7 Å². The van der Waals surface area contributed by atoms with Gasteiger partial charge in [0.15, 0.2) is 5.78 Å². The third-order valence-electron chi connectivity index (χ3n) is 8.62. The summed E-state index contributed by atoms with van der Waals surface area (Å²) in [6.07, 6.45) is 4.15. The maximum atomic E-state index is 13.5. The van der Waals surface area contributed by atoms with Gasteiger partial charge in [-0.3, -0.25) is 4.79 Å². The van der Waals surface area contributed by atoms with Crippen LogP contribution >= 0.6 is 0 Å². The molecule has 0 spiro atoms. The first kappa shape index (κ1) is 30.7. The third-order valence-corrected chi connectivity index (χ3v) is 8.62. The number of carbonyl (C=O) groups is 1. The molecule has 5 rings (SSSR count). The largest absolute Gasteiger partial charge is 0.507 e. The fraction of sp³-hybridized carbons (Fsp3) is 0.400. The van der Waals surface area contributed by atoms with Crippen molar-refractivity contribution in [3.63, 3.8) is 0 Å². The highest BCUT2D eigenvalue weighted by Gasteiger charge is 2.34. The van der Waals surface area contributed by atoms with Crippen molar-refractivity contribution in [2.24, 2.45) is 15.8 Å². The molecular weight excluding hydrogens is 526 g/mol. The third kappa shape index (κ3) is 5.67. The summed E-state index contributed by atoms with van der Waals surface area (Å²) in [4.78, 5) is 18.6. The van der Waals surface area contributed by atoms with Crippen molar-refractivity contribution in [3.05, 3.63) is 104 Å². The van der Waals surface area contributed by atoms with Crippen molar-refractivity contribution in [2.75, 3.05) is 0 Å². The van der Waals surface area contributed by atoms with Crippen LogP contribution in [-0.4, -0.2) is 10.9 Å². The Morgan fingerprint density at radius 1 is 0.581 bits per heavy atom. The van der Waals surface area contributed by atoms with E-state index in [2.05, 4.69) is 144 Å². The minimum absolute atomic E-state index is 0.146. The van der Waals surface area contributed by atoms with Crippen LogP contribution in [0.3, 0.4) is 0 Å². The van der Waals surface area contributed by atoms with Crippen LogP contribution in [0.5, 0.6) is 5.75 Å². The topological polar surface area (TPSA) is 49.7 Å². The monoisotopic (exact) mass is 573 g/mol. The number of aromatic hydroxyl groups is 1. The summed E-state index contributed by atoms with van der Waals surface area (Å²) >= 11 is 0. The summed E-state index contributed by atoms with van der Waals surface area (Å²) in [5.74, 6) is 0.539. The van der Waals surface area contributed by atoms with Crippen LogP contribution in [0, 0.1) is 21.3 Å². The number of phenols is 1. The first-order valence-electron chi connectivity index (χ1n) is 15.4. The standard InChI is InChI=1S/C40H47NO2/c1-37(2,3)29-17-25(18-30(35(29)42)38(4,5)6)23-13-15-27-28-16-14-24(22-34(28)41-33(27)21-23)26-19-31(39(7,8)9)36(43)32(20-26)40(10,11)12/h13-22,42H,1-12H3. The molecule has 0 fully saturated rings. The molecule has 43 heavy (non-hydrogen) atoms. The van der Waals surface area contributed by atoms with Gasteiger partial charge in [-0.25, -0.2) is 4.99 Å². The van der Waals surface area contributed by atoms with Crippen molar-refractivity contribution >= 4 is 17.0 Å².